The van der Waals surface area contributed by atoms with Crippen LogP contribution in [0.5, 0.6) is 0 Å². The van der Waals surface area contributed by atoms with Gasteiger partial charge in [-0.25, -0.2) is 9.78 Å². The maximum absolute atomic E-state index is 11.4. The highest BCUT2D eigenvalue weighted by atomic mass is 16.5. The quantitative estimate of drug-likeness (QED) is 0.743. The molecule has 0 aliphatic heterocycles. The average Bonchev–Trinajstić information content (AvgIpc) is 2.54. The number of esters is 1. The van der Waals surface area contributed by atoms with Crippen molar-refractivity contribution < 1.29 is 9.53 Å². The van der Waals surface area contributed by atoms with E-state index in [0.29, 0.717) is 5.82 Å². The number of nitrogens with zero attached hydrogens (tertiary/aromatic N) is 3. The fourth-order valence-corrected chi connectivity index (χ4v) is 1.93. The summed E-state index contributed by atoms with van der Waals surface area (Å²) in [6, 6.07) is 9.61. The number of hydrogen-bond acceptors (Lipinski definition) is 6. The van der Waals surface area contributed by atoms with Crippen LogP contribution in [0.1, 0.15) is 10.5 Å². The largest absolute Gasteiger partial charge is 0.464 e. The molecule has 1 aromatic carbocycles. The summed E-state index contributed by atoms with van der Waals surface area (Å²) in [5, 5.41) is 4.12. The minimum Gasteiger partial charge on any atom is -0.464 e. The number of hydrogen-bond donors (Lipinski definition) is 1. The van der Waals surface area contributed by atoms with E-state index in [1.54, 1.807) is 12.4 Å². The highest BCUT2D eigenvalue weighted by Gasteiger charge is 2.08. The molecule has 3 rings (SSSR count). The van der Waals surface area contributed by atoms with Crippen molar-refractivity contribution in [2.45, 2.75) is 0 Å². The number of pyridine rings is 1. The Kier molecular flexibility index (Phi) is 3.42. The molecule has 6 heteroatoms. The molecule has 1 N–H and O–H groups in total. The molecule has 0 amide bonds. The van der Waals surface area contributed by atoms with E-state index in [-0.39, 0.29) is 5.69 Å². The Hall–Kier alpha value is -3.02. The van der Waals surface area contributed by atoms with Gasteiger partial charge in [-0.3, -0.25) is 9.97 Å². The van der Waals surface area contributed by atoms with E-state index in [1.165, 1.54) is 13.3 Å². The van der Waals surface area contributed by atoms with E-state index in [0.717, 1.165) is 16.6 Å². The zero-order chi connectivity index (χ0) is 14.7. The molecular formula is C15H12N4O2. The summed E-state index contributed by atoms with van der Waals surface area (Å²) >= 11 is 0. The molecule has 0 saturated carbocycles. The van der Waals surface area contributed by atoms with Crippen molar-refractivity contribution in [2.75, 3.05) is 12.4 Å². The lowest BCUT2D eigenvalue weighted by molar-refractivity contribution is 0.0593. The van der Waals surface area contributed by atoms with Crippen molar-refractivity contribution in [3.8, 4) is 0 Å². The van der Waals surface area contributed by atoms with E-state index in [1.807, 2.05) is 30.3 Å². The van der Waals surface area contributed by atoms with Crippen LogP contribution in [0.4, 0.5) is 11.5 Å². The van der Waals surface area contributed by atoms with Gasteiger partial charge in [0.1, 0.15) is 5.82 Å². The smallest absolute Gasteiger partial charge is 0.358 e. The van der Waals surface area contributed by atoms with Crippen LogP contribution in [0.2, 0.25) is 0 Å². The number of nitrogens with one attached hydrogen (secondary N) is 1. The van der Waals surface area contributed by atoms with Crippen LogP contribution in [0.15, 0.2) is 48.9 Å². The van der Waals surface area contributed by atoms with E-state index in [9.17, 15) is 4.79 Å². The minimum atomic E-state index is -0.520. The lowest BCUT2D eigenvalue weighted by atomic mass is 10.2. The van der Waals surface area contributed by atoms with Gasteiger partial charge < -0.3 is 10.1 Å². The molecule has 0 saturated heterocycles. The number of carbonyl (C=O) groups is 1. The maximum Gasteiger partial charge on any atom is 0.358 e. The summed E-state index contributed by atoms with van der Waals surface area (Å²) in [6.45, 7) is 0. The molecule has 104 valence electrons. The normalized spacial score (nSPS) is 10.3. The molecule has 21 heavy (non-hydrogen) atoms. The van der Waals surface area contributed by atoms with Crippen LogP contribution in [0.3, 0.4) is 0 Å². The second-order valence-corrected chi connectivity index (χ2v) is 4.32. The maximum atomic E-state index is 11.4. The number of benzene rings is 1. The molecule has 6 nitrogen and oxygen atoms in total. The predicted molar refractivity (Wildman–Crippen MR) is 78.4 cm³/mol. The monoisotopic (exact) mass is 280 g/mol. The van der Waals surface area contributed by atoms with Crippen LogP contribution in [-0.4, -0.2) is 28.0 Å². The van der Waals surface area contributed by atoms with E-state index in [4.69, 9.17) is 0 Å². The number of fused-ring (bicyclic) bond motifs is 1. The number of carbonyl (C=O) groups excluding carboxylic acids is 1. The van der Waals surface area contributed by atoms with Crippen LogP contribution in [0.25, 0.3) is 10.9 Å². The second kappa shape index (κ2) is 5.54. The number of rotatable bonds is 3. The minimum absolute atomic E-state index is 0.157. The van der Waals surface area contributed by atoms with Gasteiger partial charge in [-0.15, -0.1) is 0 Å². The molecular weight excluding hydrogens is 268 g/mol. The summed E-state index contributed by atoms with van der Waals surface area (Å²) in [6.07, 6.45) is 4.65. The molecule has 0 aliphatic carbocycles. The SMILES string of the molecule is COC(=O)c1cncc(Nc2ccc3ncccc3c2)n1. The van der Waals surface area contributed by atoms with Crippen molar-refractivity contribution in [1.82, 2.24) is 15.0 Å². The molecule has 0 radical (unpaired) electrons. The first kappa shape index (κ1) is 13.0. The molecule has 0 bridgehead atoms. The first-order valence-electron chi connectivity index (χ1n) is 6.28. The molecule has 0 atom stereocenters. The van der Waals surface area contributed by atoms with E-state index in [2.05, 4.69) is 25.0 Å². The highest BCUT2D eigenvalue weighted by Crippen LogP contribution is 2.19. The Morgan fingerprint density at radius 1 is 1.24 bits per heavy atom. The first-order valence-corrected chi connectivity index (χ1v) is 6.28. The number of methoxy groups -OCH3 is 1. The van der Waals surface area contributed by atoms with Crippen LogP contribution in [0, 0.1) is 0 Å². The Balaban J connectivity index is 1.89. The second-order valence-electron chi connectivity index (χ2n) is 4.32. The Morgan fingerprint density at radius 2 is 2.14 bits per heavy atom. The third kappa shape index (κ3) is 2.79. The van der Waals surface area contributed by atoms with Gasteiger partial charge >= 0.3 is 5.97 Å². The number of anilines is 2. The lowest BCUT2D eigenvalue weighted by Gasteiger charge is -2.07. The molecule has 0 spiro atoms. The van der Waals surface area contributed by atoms with Crippen molar-refractivity contribution in [3.63, 3.8) is 0 Å². The fourth-order valence-electron chi connectivity index (χ4n) is 1.93. The molecule has 3 aromatic rings. The van der Waals surface area contributed by atoms with E-state index < -0.39 is 5.97 Å². The Labute approximate surface area is 120 Å². The van der Waals surface area contributed by atoms with Gasteiger partial charge in [-0.2, -0.15) is 0 Å². The molecule has 2 heterocycles. The summed E-state index contributed by atoms with van der Waals surface area (Å²) in [4.78, 5) is 23.8. The zero-order valence-corrected chi connectivity index (χ0v) is 11.3. The predicted octanol–water partition coefficient (Wildman–Crippen LogP) is 2.56. The molecule has 0 unspecified atom stereocenters. The lowest BCUT2D eigenvalue weighted by Crippen LogP contribution is -2.06. The Bertz CT molecular complexity index is 804. The third-order valence-corrected chi connectivity index (χ3v) is 2.90. The summed E-state index contributed by atoms with van der Waals surface area (Å²) in [7, 11) is 1.31. The Morgan fingerprint density at radius 3 is 3.00 bits per heavy atom. The van der Waals surface area contributed by atoms with Crippen LogP contribution in [-0.2, 0) is 4.74 Å². The first-order chi connectivity index (χ1) is 10.3. The van der Waals surface area contributed by atoms with Crippen molar-refractivity contribution in [3.05, 3.63) is 54.6 Å². The number of ether oxygens (including phenoxy) is 1. The van der Waals surface area contributed by atoms with Gasteiger partial charge in [-0.05, 0) is 24.3 Å². The van der Waals surface area contributed by atoms with Crippen LogP contribution >= 0.6 is 0 Å². The topological polar surface area (TPSA) is 77.0 Å². The van der Waals surface area contributed by atoms with Gasteiger partial charge in [0, 0.05) is 17.3 Å². The molecule has 0 fully saturated rings. The summed E-state index contributed by atoms with van der Waals surface area (Å²) in [5.41, 5.74) is 1.91. The van der Waals surface area contributed by atoms with Gasteiger partial charge in [0.05, 0.1) is 25.0 Å². The van der Waals surface area contributed by atoms with Gasteiger partial charge in [0.25, 0.3) is 0 Å². The van der Waals surface area contributed by atoms with Gasteiger partial charge in [-0.1, -0.05) is 6.07 Å². The standard InChI is InChI=1S/C15H12N4O2/c1-21-15(20)13-8-16-9-14(19-13)18-11-4-5-12-10(7-11)3-2-6-17-12/h2-9H,1H3,(H,18,19). The van der Waals surface area contributed by atoms with E-state index >= 15 is 0 Å². The summed E-state index contributed by atoms with van der Waals surface area (Å²) in [5.74, 6) is -0.0463. The number of aromatic nitrogens is 3. The average molecular weight is 280 g/mol. The van der Waals surface area contributed by atoms with Gasteiger partial charge in [0.15, 0.2) is 5.69 Å². The van der Waals surface area contributed by atoms with Crippen molar-refractivity contribution in [1.29, 1.82) is 0 Å². The summed E-state index contributed by atoms with van der Waals surface area (Å²) < 4.78 is 4.62. The fraction of sp³-hybridized carbons (Fsp3) is 0.0667. The zero-order valence-electron chi connectivity index (χ0n) is 11.3. The van der Waals surface area contributed by atoms with Crippen LogP contribution < -0.4 is 5.32 Å². The van der Waals surface area contributed by atoms with Crippen molar-refractivity contribution >= 4 is 28.4 Å². The molecule has 2 aromatic heterocycles. The molecule has 0 aliphatic rings. The highest BCUT2D eigenvalue weighted by molar-refractivity contribution is 5.87. The van der Waals surface area contributed by atoms with Gasteiger partial charge in [0.2, 0.25) is 0 Å². The van der Waals surface area contributed by atoms with Crippen molar-refractivity contribution in [2.24, 2.45) is 0 Å². The third-order valence-electron chi connectivity index (χ3n) is 2.90.